The Balaban J connectivity index is 2.04. The predicted molar refractivity (Wildman–Crippen MR) is 101 cm³/mol. The standard InChI is InChI=1S/C22H20O2/c23-12-10-15-4-5-17-6-7-20-19-3-1-2-16(11-13-24)18(19)8-9-21(20)22(17)14-15/h1-9,14,23-24H,10-13H2. The molecule has 0 spiro atoms. The summed E-state index contributed by atoms with van der Waals surface area (Å²) in [6.45, 7) is 0.336. The van der Waals surface area contributed by atoms with E-state index in [0.717, 1.165) is 5.56 Å². The summed E-state index contributed by atoms with van der Waals surface area (Å²) in [4.78, 5) is 0. The molecule has 0 aliphatic heterocycles. The van der Waals surface area contributed by atoms with E-state index >= 15 is 0 Å². The largest absolute Gasteiger partial charge is 0.396 e. The SMILES string of the molecule is OCCc1ccc2ccc3c4cccc(CCO)c4ccc3c2c1. The fourth-order valence-corrected chi connectivity index (χ4v) is 3.64. The van der Waals surface area contributed by atoms with Crippen molar-refractivity contribution in [3.63, 3.8) is 0 Å². The van der Waals surface area contributed by atoms with Gasteiger partial charge in [0.25, 0.3) is 0 Å². The van der Waals surface area contributed by atoms with E-state index in [1.54, 1.807) is 0 Å². The van der Waals surface area contributed by atoms with Gasteiger partial charge >= 0.3 is 0 Å². The molecule has 0 aliphatic rings. The first kappa shape index (κ1) is 15.1. The molecular weight excluding hydrogens is 296 g/mol. The first-order valence-electron chi connectivity index (χ1n) is 8.39. The van der Waals surface area contributed by atoms with Crippen LogP contribution in [0.25, 0.3) is 32.3 Å². The van der Waals surface area contributed by atoms with Crippen LogP contribution in [0, 0.1) is 0 Å². The van der Waals surface area contributed by atoms with Crippen LogP contribution in [0.3, 0.4) is 0 Å². The number of aliphatic hydroxyl groups is 2. The highest BCUT2D eigenvalue weighted by Gasteiger charge is 2.08. The second kappa shape index (κ2) is 6.23. The third-order valence-corrected chi connectivity index (χ3v) is 4.81. The molecule has 2 N–H and O–H groups in total. The van der Waals surface area contributed by atoms with E-state index in [9.17, 15) is 10.2 Å². The molecule has 2 nitrogen and oxygen atoms in total. The third-order valence-electron chi connectivity index (χ3n) is 4.81. The van der Waals surface area contributed by atoms with E-state index in [-0.39, 0.29) is 13.2 Å². The number of benzene rings is 4. The van der Waals surface area contributed by atoms with Crippen LogP contribution in [0.15, 0.2) is 60.7 Å². The van der Waals surface area contributed by atoms with E-state index in [1.807, 2.05) is 0 Å². The van der Waals surface area contributed by atoms with Gasteiger partial charge in [0, 0.05) is 13.2 Å². The van der Waals surface area contributed by atoms with Gasteiger partial charge in [-0.3, -0.25) is 0 Å². The van der Waals surface area contributed by atoms with Crippen molar-refractivity contribution in [2.75, 3.05) is 13.2 Å². The van der Waals surface area contributed by atoms with Crippen LogP contribution in [-0.4, -0.2) is 23.4 Å². The van der Waals surface area contributed by atoms with E-state index in [4.69, 9.17) is 0 Å². The van der Waals surface area contributed by atoms with Crippen LogP contribution in [0.5, 0.6) is 0 Å². The summed E-state index contributed by atoms with van der Waals surface area (Å²) in [6, 6.07) is 21.4. The molecule has 4 aromatic rings. The molecule has 0 amide bonds. The van der Waals surface area contributed by atoms with Crippen LogP contribution in [0.1, 0.15) is 11.1 Å². The second-order valence-corrected chi connectivity index (χ2v) is 6.24. The van der Waals surface area contributed by atoms with Gasteiger partial charge in [-0.05, 0) is 56.3 Å². The first-order chi connectivity index (χ1) is 11.8. The number of rotatable bonds is 4. The van der Waals surface area contributed by atoms with Gasteiger partial charge in [0.1, 0.15) is 0 Å². The van der Waals surface area contributed by atoms with Crippen molar-refractivity contribution < 1.29 is 10.2 Å². The zero-order chi connectivity index (χ0) is 16.5. The molecule has 0 aliphatic carbocycles. The zero-order valence-corrected chi connectivity index (χ0v) is 13.5. The van der Waals surface area contributed by atoms with Gasteiger partial charge < -0.3 is 10.2 Å². The highest BCUT2D eigenvalue weighted by molar-refractivity contribution is 6.17. The van der Waals surface area contributed by atoms with Crippen LogP contribution in [0.2, 0.25) is 0 Å². The molecule has 0 unspecified atom stereocenters. The summed E-state index contributed by atoms with van der Waals surface area (Å²) in [5.74, 6) is 0. The molecule has 24 heavy (non-hydrogen) atoms. The van der Waals surface area contributed by atoms with Crippen molar-refractivity contribution >= 4 is 32.3 Å². The van der Waals surface area contributed by atoms with Crippen molar-refractivity contribution in [3.8, 4) is 0 Å². The molecule has 0 bridgehead atoms. The number of aliphatic hydroxyl groups excluding tert-OH is 2. The maximum absolute atomic E-state index is 9.29. The summed E-state index contributed by atoms with van der Waals surface area (Å²) in [5, 5.41) is 25.9. The average Bonchev–Trinajstić information content (AvgIpc) is 2.62. The van der Waals surface area contributed by atoms with Gasteiger partial charge in [-0.15, -0.1) is 0 Å². The molecule has 4 aromatic carbocycles. The third kappa shape index (κ3) is 2.44. The Morgan fingerprint density at radius 2 is 1.25 bits per heavy atom. The van der Waals surface area contributed by atoms with E-state index < -0.39 is 0 Å². The van der Waals surface area contributed by atoms with Crippen molar-refractivity contribution in [1.29, 1.82) is 0 Å². The smallest absolute Gasteiger partial charge is 0.0471 e. The molecule has 0 atom stereocenters. The summed E-state index contributed by atoms with van der Waals surface area (Å²) in [7, 11) is 0. The molecule has 0 radical (unpaired) electrons. The lowest BCUT2D eigenvalue weighted by molar-refractivity contribution is 0.299. The summed E-state index contributed by atoms with van der Waals surface area (Å²) in [6.07, 6.45) is 1.36. The molecule has 4 rings (SSSR count). The number of hydrogen-bond acceptors (Lipinski definition) is 2. The number of hydrogen-bond donors (Lipinski definition) is 2. The lowest BCUT2D eigenvalue weighted by Gasteiger charge is -2.11. The fourth-order valence-electron chi connectivity index (χ4n) is 3.64. The molecular formula is C22H20O2. The second-order valence-electron chi connectivity index (χ2n) is 6.24. The quantitative estimate of drug-likeness (QED) is 0.554. The minimum absolute atomic E-state index is 0.166. The van der Waals surface area contributed by atoms with Crippen LogP contribution < -0.4 is 0 Å². The molecule has 120 valence electrons. The Kier molecular flexibility index (Phi) is 3.93. The molecule has 0 saturated heterocycles. The van der Waals surface area contributed by atoms with Gasteiger partial charge in [0.2, 0.25) is 0 Å². The zero-order valence-electron chi connectivity index (χ0n) is 13.5. The topological polar surface area (TPSA) is 40.5 Å². The van der Waals surface area contributed by atoms with Gasteiger partial charge in [-0.2, -0.15) is 0 Å². The first-order valence-corrected chi connectivity index (χ1v) is 8.39. The Morgan fingerprint density at radius 1 is 0.583 bits per heavy atom. The summed E-state index contributed by atoms with van der Waals surface area (Å²) < 4.78 is 0. The maximum Gasteiger partial charge on any atom is 0.0471 e. The minimum atomic E-state index is 0.166. The van der Waals surface area contributed by atoms with Gasteiger partial charge in [-0.25, -0.2) is 0 Å². The van der Waals surface area contributed by atoms with Crippen molar-refractivity contribution in [1.82, 2.24) is 0 Å². The molecule has 0 aromatic heterocycles. The molecule has 2 heteroatoms. The Morgan fingerprint density at radius 3 is 2.08 bits per heavy atom. The predicted octanol–water partition coefficient (Wildman–Crippen LogP) is 4.22. The van der Waals surface area contributed by atoms with Gasteiger partial charge in [0.15, 0.2) is 0 Å². The number of fused-ring (bicyclic) bond motifs is 5. The minimum Gasteiger partial charge on any atom is -0.396 e. The fraction of sp³-hybridized carbons (Fsp3) is 0.182. The maximum atomic E-state index is 9.29. The van der Waals surface area contributed by atoms with Crippen molar-refractivity contribution in [3.05, 3.63) is 71.8 Å². The van der Waals surface area contributed by atoms with Gasteiger partial charge in [-0.1, -0.05) is 60.7 Å². The van der Waals surface area contributed by atoms with Crippen LogP contribution in [-0.2, 0) is 12.8 Å². The molecule has 0 saturated carbocycles. The highest BCUT2D eigenvalue weighted by Crippen LogP contribution is 2.33. The lowest BCUT2D eigenvalue weighted by Crippen LogP contribution is -1.93. The van der Waals surface area contributed by atoms with Crippen LogP contribution in [0.4, 0.5) is 0 Å². The Bertz CT molecular complexity index is 1030. The highest BCUT2D eigenvalue weighted by atomic mass is 16.3. The van der Waals surface area contributed by atoms with Crippen molar-refractivity contribution in [2.24, 2.45) is 0 Å². The summed E-state index contributed by atoms with van der Waals surface area (Å²) in [5.41, 5.74) is 2.35. The van der Waals surface area contributed by atoms with Crippen molar-refractivity contribution in [2.45, 2.75) is 12.8 Å². The summed E-state index contributed by atoms with van der Waals surface area (Å²) >= 11 is 0. The normalized spacial score (nSPS) is 11.6. The van der Waals surface area contributed by atoms with E-state index in [2.05, 4.69) is 60.7 Å². The average molecular weight is 316 g/mol. The lowest BCUT2D eigenvalue weighted by atomic mass is 9.93. The molecule has 0 heterocycles. The monoisotopic (exact) mass is 316 g/mol. The van der Waals surface area contributed by atoms with E-state index in [1.165, 1.54) is 37.9 Å². The molecule has 0 fully saturated rings. The Labute approximate surface area is 141 Å². The Hall–Kier alpha value is -2.42. The van der Waals surface area contributed by atoms with E-state index in [0.29, 0.717) is 12.8 Å². The van der Waals surface area contributed by atoms with Gasteiger partial charge in [0.05, 0.1) is 0 Å². The van der Waals surface area contributed by atoms with Crippen LogP contribution >= 0.6 is 0 Å².